The Kier molecular flexibility index (Phi) is 5.25. The summed E-state index contributed by atoms with van der Waals surface area (Å²) in [7, 11) is 0. The van der Waals surface area contributed by atoms with Gasteiger partial charge in [-0.3, -0.25) is 9.69 Å². The van der Waals surface area contributed by atoms with Crippen molar-refractivity contribution >= 4 is 0 Å². The van der Waals surface area contributed by atoms with Crippen LogP contribution in [0.15, 0.2) is 23.0 Å². The molecule has 5 nitrogen and oxygen atoms in total. The first-order valence-electron chi connectivity index (χ1n) is 9.91. The lowest BCUT2D eigenvalue weighted by Gasteiger charge is -2.43. The van der Waals surface area contributed by atoms with E-state index in [1.165, 1.54) is 25.0 Å². The Labute approximate surface area is 149 Å². The molecule has 0 amide bonds. The quantitative estimate of drug-likeness (QED) is 0.886. The second kappa shape index (κ2) is 7.60. The number of pyridine rings is 1. The number of aliphatic hydroxyl groups is 1. The third-order valence-electron chi connectivity index (χ3n) is 6.10. The highest BCUT2D eigenvalue weighted by Crippen LogP contribution is 2.34. The number of hydrogen-bond acceptors (Lipinski definition) is 4. The number of nitrogens with zero attached hydrogens (tertiary/aromatic N) is 2. The van der Waals surface area contributed by atoms with Gasteiger partial charge in [-0.15, -0.1) is 0 Å². The molecular weight excluding hydrogens is 316 g/mol. The predicted octanol–water partition coefficient (Wildman–Crippen LogP) is 1.98. The first kappa shape index (κ1) is 17.3. The van der Waals surface area contributed by atoms with E-state index in [0.717, 1.165) is 38.9 Å². The van der Waals surface area contributed by atoms with Crippen LogP contribution >= 0.6 is 0 Å². The van der Waals surface area contributed by atoms with Gasteiger partial charge in [-0.05, 0) is 31.2 Å². The molecule has 1 N–H and O–H groups in total. The van der Waals surface area contributed by atoms with E-state index in [1.807, 2.05) is 10.6 Å². The maximum Gasteiger partial charge on any atom is 0.250 e. The number of piperidine rings is 1. The van der Waals surface area contributed by atoms with Crippen LogP contribution in [0.25, 0.3) is 0 Å². The molecule has 5 heteroatoms. The molecule has 2 fully saturated rings. The van der Waals surface area contributed by atoms with Crippen LogP contribution < -0.4 is 5.56 Å². The van der Waals surface area contributed by atoms with Crippen molar-refractivity contribution in [3.63, 3.8) is 0 Å². The van der Waals surface area contributed by atoms with E-state index < -0.39 is 6.10 Å². The van der Waals surface area contributed by atoms with Crippen molar-refractivity contribution in [1.29, 1.82) is 0 Å². The Bertz CT molecular complexity index is 638. The van der Waals surface area contributed by atoms with Crippen molar-refractivity contribution in [3.05, 3.63) is 34.2 Å². The fraction of sp³-hybridized carbons (Fsp3) is 0.750. The van der Waals surface area contributed by atoms with Gasteiger partial charge in [-0.1, -0.05) is 25.3 Å². The Morgan fingerprint density at radius 2 is 2.00 bits per heavy atom. The van der Waals surface area contributed by atoms with Gasteiger partial charge < -0.3 is 14.4 Å². The Balaban J connectivity index is 1.32. The molecule has 1 aromatic rings. The first-order valence-corrected chi connectivity index (χ1v) is 9.91. The molecule has 0 aromatic carbocycles. The topological polar surface area (TPSA) is 54.7 Å². The highest BCUT2D eigenvalue weighted by Gasteiger charge is 2.34. The van der Waals surface area contributed by atoms with E-state index in [0.29, 0.717) is 31.1 Å². The summed E-state index contributed by atoms with van der Waals surface area (Å²) in [4.78, 5) is 14.5. The molecule has 1 saturated heterocycles. The van der Waals surface area contributed by atoms with Crippen LogP contribution in [-0.2, 0) is 11.3 Å². The Hall–Kier alpha value is -1.17. The minimum absolute atomic E-state index is 0.126. The summed E-state index contributed by atoms with van der Waals surface area (Å²) >= 11 is 0. The second-order valence-electron chi connectivity index (χ2n) is 8.16. The lowest BCUT2D eigenvalue weighted by atomic mass is 9.83. The van der Waals surface area contributed by atoms with Gasteiger partial charge in [-0.25, -0.2) is 0 Å². The zero-order valence-corrected chi connectivity index (χ0v) is 15.0. The number of fused-ring (bicyclic) bond motifs is 4. The average Bonchev–Trinajstić information content (AvgIpc) is 2.62. The zero-order valence-electron chi connectivity index (χ0n) is 15.0. The normalized spacial score (nSPS) is 28.5. The van der Waals surface area contributed by atoms with Crippen LogP contribution in [0.2, 0.25) is 0 Å². The molecule has 25 heavy (non-hydrogen) atoms. The Morgan fingerprint density at radius 3 is 2.84 bits per heavy atom. The van der Waals surface area contributed by atoms with Crippen molar-refractivity contribution in [3.8, 4) is 0 Å². The molecular formula is C20H30N2O3. The lowest BCUT2D eigenvalue weighted by molar-refractivity contribution is -0.0388. The van der Waals surface area contributed by atoms with Crippen LogP contribution in [0.4, 0.5) is 0 Å². The Morgan fingerprint density at radius 1 is 1.16 bits per heavy atom. The summed E-state index contributed by atoms with van der Waals surface area (Å²) in [5.74, 6) is 0.922. The van der Waals surface area contributed by atoms with Gasteiger partial charge in [0.15, 0.2) is 0 Å². The summed E-state index contributed by atoms with van der Waals surface area (Å²) in [6, 6.07) is 5.63. The molecule has 2 bridgehead atoms. The van der Waals surface area contributed by atoms with Crippen LogP contribution in [-0.4, -0.2) is 53.0 Å². The van der Waals surface area contributed by atoms with E-state index >= 15 is 0 Å². The second-order valence-corrected chi connectivity index (χ2v) is 8.16. The summed E-state index contributed by atoms with van der Waals surface area (Å²) in [5.41, 5.74) is 1.29. The predicted molar refractivity (Wildman–Crippen MR) is 96.8 cm³/mol. The number of aliphatic hydroxyl groups excluding tert-OH is 1. The number of rotatable bonds is 5. The largest absolute Gasteiger partial charge is 0.389 e. The van der Waals surface area contributed by atoms with E-state index in [9.17, 15) is 9.90 Å². The average molecular weight is 346 g/mol. The minimum Gasteiger partial charge on any atom is -0.389 e. The maximum absolute atomic E-state index is 12.1. The van der Waals surface area contributed by atoms with Crippen LogP contribution in [0.5, 0.6) is 0 Å². The lowest BCUT2D eigenvalue weighted by Crippen LogP contribution is -2.49. The third kappa shape index (κ3) is 3.99. The summed E-state index contributed by atoms with van der Waals surface area (Å²) in [6.45, 7) is 3.85. The first-order chi connectivity index (χ1) is 12.2. The molecule has 0 spiro atoms. The van der Waals surface area contributed by atoms with Crippen molar-refractivity contribution in [1.82, 2.24) is 9.47 Å². The molecule has 3 aliphatic rings. The van der Waals surface area contributed by atoms with Gasteiger partial charge in [-0.2, -0.15) is 0 Å². The van der Waals surface area contributed by atoms with Gasteiger partial charge >= 0.3 is 0 Å². The van der Waals surface area contributed by atoms with Gasteiger partial charge in [0, 0.05) is 43.9 Å². The molecule has 1 aliphatic carbocycles. The SMILES string of the molecule is O=c1cccc2n1C[C@H]1C[C@@H]2CN(C[C@@H](O)COC2CCCCC2)C1. The van der Waals surface area contributed by atoms with Crippen molar-refractivity contribution in [2.45, 2.75) is 63.2 Å². The zero-order chi connectivity index (χ0) is 17.2. The third-order valence-corrected chi connectivity index (χ3v) is 6.10. The van der Waals surface area contributed by atoms with E-state index in [2.05, 4.69) is 11.0 Å². The smallest absolute Gasteiger partial charge is 0.250 e. The van der Waals surface area contributed by atoms with Crippen molar-refractivity contribution in [2.24, 2.45) is 5.92 Å². The van der Waals surface area contributed by atoms with E-state index in [1.54, 1.807) is 6.07 Å². The number of aromatic nitrogens is 1. The molecule has 1 saturated carbocycles. The number of likely N-dealkylation sites (tertiary alicyclic amines) is 1. The number of β-amino-alcohol motifs (C(OH)–C–C–N with tert-alkyl or cyclic N) is 1. The summed E-state index contributed by atoms with van der Waals surface area (Å²) in [6.07, 6.45) is 7.22. The van der Waals surface area contributed by atoms with E-state index in [4.69, 9.17) is 4.74 Å². The van der Waals surface area contributed by atoms with Crippen molar-refractivity contribution in [2.75, 3.05) is 26.2 Å². The fourth-order valence-corrected chi connectivity index (χ4v) is 4.97. The van der Waals surface area contributed by atoms with Gasteiger partial charge in [0.25, 0.3) is 5.56 Å². The number of ether oxygens (including phenoxy) is 1. The number of hydrogen-bond donors (Lipinski definition) is 1. The highest BCUT2D eigenvalue weighted by atomic mass is 16.5. The molecule has 2 aliphatic heterocycles. The van der Waals surface area contributed by atoms with Crippen LogP contribution in [0, 0.1) is 5.92 Å². The summed E-state index contributed by atoms with van der Waals surface area (Å²) < 4.78 is 7.89. The molecule has 3 atom stereocenters. The van der Waals surface area contributed by atoms with Crippen LogP contribution in [0.3, 0.4) is 0 Å². The highest BCUT2D eigenvalue weighted by molar-refractivity contribution is 5.16. The van der Waals surface area contributed by atoms with E-state index in [-0.39, 0.29) is 5.56 Å². The summed E-state index contributed by atoms with van der Waals surface area (Å²) in [5, 5.41) is 10.4. The van der Waals surface area contributed by atoms with Gasteiger partial charge in [0.05, 0.1) is 18.8 Å². The standard InChI is InChI=1S/C20H30N2O3/c23-17(14-25-18-5-2-1-3-6-18)13-21-10-15-9-16(12-21)19-7-4-8-20(24)22(19)11-15/h4,7-8,15-18,23H,1-3,5-6,9-14H2/t15-,16+,17+/m0/s1. The minimum atomic E-state index is -0.418. The fourth-order valence-electron chi connectivity index (χ4n) is 4.97. The maximum atomic E-state index is 12.1. The van der Waals surface area contributed by atoms with Crippen LogP contribution in [0.1, 0.15) is 50.1 Å². The monoisotopic (exact) mass is 346 g/mol. The van der Waals surface area contributed by atoms with Crippen molar-refractivity contribution < 1.29 is 9.84 Å². The molecule has 1 aromatic heterocycles. The van der Waals surface area contributed by atoms with Gasteiger partial charge in [0.2, 0.25) is 0 Å². The van der Waals surface area contributed by atoms with Gasteiger partial charge in [0.1, 0.15) is 0 Å². The molecule has 138 valence electrons. The molecule has 0 radical (unpaired) electrons. The molecule has 4 rings (SSSR count). The molecule has 0 unspecified atom stereocenters. The molecule has 3 heterocycles.